The van der Waals surface area contributed by atoms with Crippen molar-refractivity contribution >= 4 is 16.0 Å². The normalized spacial score (nSPS) is 14.3. The standard InChI is InChI=1S/C22H22N2O5S/c1-15-21(16(2)29-23-15)14-28-22(25)18-8-5-9-20(12-18)30(26,27)24-11-10-17-6-3-4-7-19(17)13-24/h3-9,12H,10-11,13-14H2,1-2H3. The number of sulfonamides is 1. The number of carbonyl (C=O) groups excluding carboxylic acids is 1. The average molecular weight is 426 g/mol. The molecule has 0 amide bonds. The first-order valence-electron chi connectivity index (χ1n) is 9.62. The van der Waals surface area contributed by atoms with E-state index < -0.39 is 16.0 Å². The summed E-state index contributed by atoms with van der Waals surface area (Å²) in [6.07, 6.45) is 0.661. The highest BCUT2D eigenvalue weighted by atomic mass is 32.2. The molecule has 0 bridgehead atoms. The van der Waals surface area contributed by atoms with E-state index in [9.17, 15) is 13.2 Å². The molecule has 7 nitrogen and oxygen atoms in total. The molecule has 3 aromatic rings. The minimum absolute atomic E-state index is 0.0138. The SMILES string of the molecule is Cc1noc(C)c1COC(=O)c1cccc(S(=O)(=O)N2CCc3ccccc3C2)c1. The first-order chi connectivity index (χ1) is 14.4. The number of aromatic nitrogens is 1. The van der Waals surface area contributed by atoms with E-state index in [0.717, 1.165) is 5.56 Å². The summed E-state index contributed by atoms with van der Waals surface area (Å²) in [5.74, 6) is -0.0157. The fourth-order valence-electron chi connectivity index (χ4n) is 3.54. The Bertz CT molecular complexity index is 1180. The van der Waals surface area contributed by atoms with Crippen LogP contribution in [0.3, 0.4) is 0 Å². The molecule has 2 aromatic carbocycles. The minimum atomic E-state index is -3.73. The Balaban J connectivity index is 1.52. The smallest absolute Gasteiger partial charge is 0.338 e. The summed E-state index contributed by atoms with van der Waals surface area (Å²) < 4.78 is 38.2. The number of ether oxygens (including phenoxy) is 1. The number of aryl methyl sites for hydroxylation is 2. The number of rotatable bonds is 5. The van der Waals surface area contributed by atoms with E-state index in [1.54, 1.807) is 26.0 Å². The number of hydrogen-bond donors (Lipinski definition) is 0. The summed E-state index contributed by atoms with van der Waals surface area (Å²) in [6, 6.07) is 13.8. The van der Waals surface area contributed by atoms with Crippen LogP contribution in [0.2, 0.25) is 0 Å². The number of carbonyl (C=O) groups is 1. The summed E-state index contributed by atoms with van der Waals surface area (Å²) in [6.45, 7) is 4.25. The van der Waals surface area contributed by atoms with Gasteiger partial charge in [-0.3, -0.25) is 0 Å². The molecule has 1 aromatic heterocycles. The van der Waals surface area contributed by atoms with Crippen molar-refractivity contribution in [1.82, 2.24) is 9.46 Å². The number of hydrogen-bond acceptors (Lipinski definition) is 6. The van der Waals surface area contributed by atoms with Gasteiger partial charge in [0.05, 0.1) is 21.7 Å². The Kier molecular flexibility index (Phi) is 5.44. The Morgan fingerprint density at radius 1 is 1.13 bits per heavy atom. The topological polar surface area (TPSA) is 89.7 Å². The average Bonchev–Trinajstić information content (AvgIpc) is 3.09. The van der Waals surface area contributed by atoms with Gasteiger partial charge in [0.2, 0.25) is 10.0 Å². The highest BCUT2D eigenvalue weighted by Gasteiger charge is 2.28. The Morgan fingerprint density at radius 3 is 2.63 bits per heavy atom. The van der Waals surface area contributed by atoms with Gasteiger partial charge in [-0.25, -0.2) is 13.2 Å². The van der Waals surface area contributed by atoms with E-state index in [4.69, 9.17) is 9.26 Å². The highest BCUT2D eigenvalue weighted by molar-refractivity contribution is 7.89. The Morgan fingerprint density at radius 2 is 1.90 bits per heavy atom. The van der Waals surface area contributed by atoms with E-state index in [1.165, 1.54) is 22.0 Å². The predicted octanol–water partition coefficient (Wildman–Crippen LogP) is 3.40. The van der Waals surface area contributed by atoms with Crippen molar-refractivity contribution in [2.24, 2.45) is 0 Å². The third kappa shape index (κ3) is 3.88. The molecular formula is C22H22N2O5S. The highest BCUT2D eigenvalue weighted by Crippen LogP contribution is 2.25. The Hall–Kier alpha value is -2.97. The fraction of sp³-hybridized carbons (Fsp3) is 0.273. The van der Waals surface area contributed by atoms with Crippen molar-refractivity contribution in [1.29, 1.82) is 0 Å². The van der Waals surface area contributed by atoms with Gasteiger partial charge in [0.15, 0.2) is 0 Å². The number of fused-ring (bicyclic) bond motifs is 1. The molecule has 1 aliphatic rings. The van der Waals surface area contributed by atoms with Crippen molar-refractivity contribution in [2.45, 2.75) is 38.3 Å². The van der Waals surface area contributed by atoms with Gasteiger partial charge in [0, 0.05) is 13.1 Å². The van der Waals surface area contributed by atoms with E-state index >= 15 is 0 Å². The molecule has 0 spiro atoms. The molecular weight excluding hydrogens is 404 g/mol. The van der Waals surface area contributed by atoms with Gasteiger partial charge < -0.3 is 9.26 Å². The van der Waals surface area contributed by atoms with Gasteiger partial charge in [-0.2, -0.15) is 4.31 Å². The number of benzene rings is 2. The summed E-state index contributed by atoms with van der Waals surface area (Å²) in [7, 11) is -3.73. The zero-order chi connectivity index (χ0) is 21.3. The first-order valence-corrected chi connectivity index (χ1v) is 11.1. The van der Waals surface area contributed by atoms with Crippen molar-refractivity contribution < 1.29 is 22.5 Å². The summed E-state index contributed by atoms with van der Waals surface area (Å²) in [4.78, 5) is 12.6. The second-order valence-electron chi connectivity index (χ2n) is 7.26. The van der Waals surface area contributed by atoms with Gasteiger partial charge in [0.25, 0.3) is 0 Å². The summed E-state index contributed by atoms with van der Waals surface area (Å²) in [5.41, 5.74) is 3.71. The van der Waals surface area contributed by atoms with Crippen LogP contribution in [-0.2, 0) is 34.3 Å². The molecule has 0 saturated carbocycles. The fourth-order valence-corrected chi connectivity index (χ4v) is 5.00. The molecule has 1 aliphatic heterocycles. The monoisotopic (exact) mass is 426 g/mol. The van der Waals surface area contributed by atoms with E-state index in [2.05, 4.69) is 5.16 Å². The van der Waals surface area contributed by atoms with Crippen molar-refractivity contribution in [3.05, 3.63) is 82.2 Å². The summed E-state index contributed by atoms with van der Waals surface area (Å²) >= 11 is 0. The quantitative estimate of drug-likeness (QED) is 0.581. The van der Waals surface area contributed by atoms with Crippen LogP contribution in [0, 0.1) is 13.8 Å². The second-order valence-corrected chi connectivity index (χ2v) is 9.20. The van der Waals surface area contributed by atoms with Crippen LogP contribution < -0.4 is 0 Å². The maximum absolute atomic E-state index is 13.2. The molecule has 30 heavy (non-hydrogen) atoms. The molecule has 156 valence electrons. The first kappa shape index (κ1) is 20.3. The van der Waals surface area contributed by atoms with Crippen LogP contribution in [0.25, 0.3) is 0 Å². The van der Waals surface area contributed by atoms with Crippen molar-refractivity contribution in [3.8, 4) is 0 Å². The molecule has 0 fully saturated rings. The molecule has 0 aliphatic carbocycles. The zero-order valence-electron chi connectivity index (χ0n) is 16.8. The lowest BCUT2D eigenvalue weighted by atomic mass is 10.0. The minimum Gasteiger partial charge on any atom is -0.457 e. The molecule has 2 heterocycles. The Labute approximate surface area is 175 Å². The van der Waals surface area contributed by atoms with Crippen LogP contribution in [0.1, 0.15) is 38.5 Å². The molecule has 0 unspecified atom stereocenters. The van der Waals surface area contributed by atoms with E-state index in [-0.39, 0.29) is 17.1 Å². The van der Waals surface area contributed by atoms with E-state index in [0.29, 0.717) is 36.5 Å². The molecule has 0 radical (unpaired) electrons. The van der Waals surface area contributed by atoms with Crippen LogP contribution in [0.15, 0.2) is 57.9 Å². The maximum atomic E-state index is 13.2. The molecule has 0 N–H and O–H groups in total. The molecule has 0 saturated heterocycles. The lowest BCUT2D eigenvalue weighted by molar-refractivity contribution is 0.0470. The number of nitrogens with zero attached hydrogens (tertiary/aromatic N) is 2. The molecule has 8 heteroatoms. The lowest BCUT2D eigenvalue weighted by Gasteiger charge is -2.28. The predicted molar refractivity (Wildman–Crippen MR) is 109 cm³/mol. The van der Waals surface area contributed by atoms with Gasteiger partial charge in [-0.1, -0.05) is 35.5 Å². The van der Waals surface area contributed by atoms with Crippen LogP contribution in [0.5, 0.6) is 0 Å². The van der Waals surface area contributed by atoms with Crippen LogP contribution >= 0.6 is 0 Å². The lowest BCUT2D eigenvalue weighted by Crippen LogP contribution is -2.36. The zero-order valence-corrected chi connectivity index (χ0v) is 17.6. The maximum Gasteiger partial charge on any atom is 0.338 e. The second kappa shape index (κ2) is 8.04. The third-order valence-electron chi connectivity index (χ3n) is 5.33. The summed E-state index contributed by atoms with van der Waals surface area (Å²) in [5, 5.41) is 3.83. The number of esters is 1. The van der Waals surface area contributed by atoms with Gasteiger partial charge in [-0.15, -0.1) is 0 Å². The van der Waals surface area contributed by atoms with Gasteiger partial charge in [0.1, 0.15) is 12.4 Å². The third-order valence-corrected chi connectivity index (χ3v) is 7.17. The van der Waals surface area contributed by atoms with Gasteiger partial charge in [-0.05, 0) is 49.6 Å². The van der Waals surface area contributed by atoms with Crippen LogP contribution in [-0.4, -0.2) is 30.4 Å². The largest absolute Gasteiger partial charge is 0.457 e. The van der Waals surface area contributed by atoms with Crippen LogP contribution in [0.4, 0.5) is 0 Å². The molecule has 0 atom stereocenters. The van der Waals surface area contributed by atoms with Crippen molar-refractivity contribution in [2.75, 3.05) is 6.54 Å². The molecule has 4 rings (SSSR count). The van der Waals surface area contributed by atoms with Crippen molar-refractivity contribution in [3.63, 3.8) is 0 Å². The van der Waals surface area contributed by atoms with Gasteiger partial charge >= 0.3 is 5.97 Å². The van der Waals surface area contributed by atoms with E-state index in [1.807, 2.05) is 24.3 Å².